The van der Waals surface area contributed by atoms with Gasteiger partial charge in [-0.3, -0.25) is 4.79 Å². The van der Waals surface area contributed by atoms with Crippen LogP contribution in [0.25, 0.3) is 0 Å². The first kappa shape index (κ1) is 14.5. The molecule has 0 spiro atoms. The summed E-state index contributed by atoms with van der Waals surface area (Å²) >= 11 is 0. The Balaban J connectivity index is 2.73. The van der Waals surface area contributed by atoms with Gasteiger partial charge in [0.25, 0.3) is 0 Å². The van der Waals surface area contributed by atoms with E-state index in [-0.39, 0.29) is 17.4 Å². The van der Waals surface area contributed by atoms with E-state index < -0.39 is 0 Å². The van der Waals surface area contributed by atoms with E-state index in [1.165, 1.54) is 32.8 Å². The number of hydrogen-bond donors (Lipinski definition) is 1. The van der Waals surface area contributed by atoms with Gasteiger partial charge >= 0.3 is 5.97 Å². The Bertz CT molecular complexity index is 253. The summed E-state index contributed by atoms with van der Waals surface area (Å²) in [5.74, 6) is 0.700. The molecule has 1 rings (SSSR count). The third-order valence-corrected chi connectivity index (χ3v) is 4.60. The molecule has 3 unspecified atom stereocenters. The lowest BCUT2D eigenvalue weighted by Crippen LogP contribution is -2.41. The Kier molecular flexibility index (Phi) is 5.44. The summed E-state index contributed by atoms with van der Waals surface area (Å²) in [6, 6.07) is 0.0669. The Labute approximate surface area is 105 Å². The highest BCUT2D eigenvalue weighted by Gasteiger charge is 2.38. The van der Waals surface area contributed by atoms with Crippen molar-refractivity contribution in [1.82, 2.24) is 0 Å². The highest BCUT2D eigenvalue weighted by Crippen LogP contribution is 2.42. The van der Waals surface area contributed by atoms with Crippen molar-refractivity contribution in [3.05, 3.63) is 0 Å². The minimum atomic E-state index is -0.114. The van der Waals surface area contributed by atoms with Crippen molar-refractivity contribution in [2.75, 3.05) is 7.11 Å². The molecule has 100 valence electrons. The van der Waals surface area contributed by atoms with Crippen molar-refractivity contribution >= 4 is 5.97 Å². The molecule has 3 nitrogen and oxygen atoms in total. The molecule has 17 heavy (non-hydrogen) atoms. The Morgan fingerprint density at radius 3 is 2.71 bits per heavy atom. The molecule has 2 N–H and O–H groups in total. The molecule has 0 heterocycles. The number of carbonyl (C=O) groups excluding carboxylic acids is 1. The van der Waals surface area contributed by atoms with E-state index in [9.17, 15) is 4.79 Å². The second kappa shape index (κ2) is 6.39. The average molecular weight is 241 g/mol. The van der Waals surface area contributed by atoms with Crippen LogP contribution in [0, 0.1) is 11.3 Å². The molecule has 3 heteroatoms. The highest BCUT2D eigenvalue weighted by molar-refractivity contribution is 5.70. The van der Waals surface area contributed by atoms with Crippen molar-refractivity contribution in [3.63, 3.8) is 0 Å². The van der Waals surface area contributed by atoms with Crippen molar-refractivity contribution in [3.8, 4) is 0 Å². The van der Waals surface area contributed by atoms with Crippen LogP contribution in [0.3, 0.4) is 0 Å². The Morgan fingerprint density at radius 1 is 1.47 bits per heavy atom. The first-order valence-electron chi connectivity index (χ1n) is 6.86. The summed E-state index contributed by atoms with van der Waals surface area (Å²) in [5, 5.41) is 0. The summed E-state index contributed by atoms with van der Waals surface area (Å²) in [6.45, 7) is 4.29. The van der Waals surface area contributed by atoms with E-state index in [1.807, 2.05) is 6.92 Å². The van der Waals surface area contributed by atoms with Crippen LogP contribution in [0.1, 0.15) is 58.8 Å². The molecule has 0 aromatic carbocycles. The predicted molar refractivity (Wildman–Crippen MR) is 69.6 cm³/mol. The van der Waals surface area contributed by atoms with Gasteiger partial charge in [-0.2, -0.15) is 0 Å². The first-order chi connectivity index (χ1) is 8.04. The Morgan fingerprint density at radius 2 is 2.18 bits per heavy atom. The molecule has 0 aliphatic heterocycles. The molecule has 0 bridgehead atoms. The van der Waals surface area contributed by atoms with Gasteiger partial charge in [0.15, 0.2) is 0 Å². The second-order valence-corrected chi connectivity index (χ2v) is 5.61. The lowest BCUT2D eigenvalue weighted by Gasteiger charge is -2.35. The van der Waals surface area contributed by atoms with Crippen LogP contribution in [0.5, 0.6) is 0 Å². The quantitative estimate of drug-likeness (QED) is 0.608. The van der Waals surface area contributed by atoms with Crippen molar-refractivity contribution in [1.29, 1.82) is 0 Å². The number of hydrogen-bond acceptors (Lipinski definition) is 3. The standard InChI is InChI=1S/C14H27NO2/c1-4-12-6-5-8-14(9-7-12,11(2)15)10-13(16)17-3/h11-12H,4-10,15H2,1-3H3. The maximum atomic E-state index is 11.6. The molecule has 3 atom stereocenters. The molecule has 0 aromatic heterocycles. The van der Waals surface area contributed by atoms with Crippen LogP contribution in [-0.4, -0.2) is 19.1 Å². The van der Waals surface area contributed by atoms with Gasteiger partial charge in [0.2, 0.25) is 0 Å². The number of ether oxygens (including phenoxy) is 1. The third kappa shape index (κ3) is 3.70. The van der Waals surface area contributed by atoms with E-state index in [0.29, 0.717) is 6.42 Å². The summed E-state index contributed by atoms with van der Waals surface area (Å²) in [5.41, 5.74) is 6.12. The minimum Gasteiger partial charge on any atom is -0.469 e. The van der Waals surface area contributed by atoms with Crippen LogP contribution in [0.15, 0.2) is 0 Å². The van der Waals surface area contributed by atoms with E-state index in [2.05, 4.69) is 6.92 Å². The molecule has 1 saturated carbocycles. The zero-order chi connectivity index (χ0) is 12.9. The largest absolute Gasteiger partial charge is 0.469 e. The van der Waals surface area contributed by atoms with Crippen LogP contribution in [-0.2, 0) is 9.53 Å². The van der Waals surface area contributed by atoms with Gasteiger partial charge < -0.3 is 10.5 Å². The first-order valence-corrected chi connectivity index (χ1v) is 6.86. The van der Waals surface area contributed by atoms with E-state index in [0.717, 1.165) is 18.8 Å². The zero-order valence-corrected chi connectivity index (χ0v) is 11.5. The number of rotatable bonds is 4. The molecule has 0 aromatic rings. The highest BCUT2D eigenvalue weighted by atomic mass is 16.5. The molecule has 0 amide bonds. The molecule has 1 aliphatic carbocycles. The van der Waals surface area contributed by atoms with Crippen LogP contribution >= 0.6 is 0 Å². The monoisotopic (exact) mass is 241 g/mol. The Hall–Kier alpha value is -0.570. The van der Waals surface area contributed by atoms with Gasteiger partial charge in [0.05, 0.1) is 13.5 Å². The summed E-state index contributed by atoms with van der Waals surface area (Å²) in [7, 11) is 1.46. The van der Waals surface area contributed by atoms with E-state index >= 15 is 0 Å². The van der Waals surface area contributed by atoms with Crippen molar-refractivity contribution in [2.24, 2.45) is 17.1 Å². The van der Waals surface area contributed by atoms with Crippen molar-refractivity contribution < 1.29 is 9.53 Å². The molecule has 0 radical (unpaired) electrons. The third-order valence-electron chi connectivity index (χ3n) is 4.60. The maximum absolute atomic E-state index is 11.6. The topological polar surface area (TPSA) is 52.3 Å². The minimum absolute atomic E-state index is 0.0307. The van der Waals surface area contributed by atoms with E-state index in [1.54, 1.807) is 0 Å². The number of carbonyl (C=O) groups is 1. The fourth-order valence-corrected chi connectivity index (χ4v) is 3.06. The second-order valence-electron chi connectivity index (χ2n) is 5.61. The number of methoxy groups -OCH3 is 1. The predicted octanol–water partition coefficient (Wildman–Crippen LogP) is 2.87. The summed E-state index contributed by atoms with van der Waals surface area (Å²) in [4.78, 5) is 11.6. The molecule has 0 saturated heterocycles. The number of nitrogens with two attached hydrogens (primary N) is 1. The fourth-order valence-electron chi connectivity index (χ4n) is 3.06. The smallest absolute Gasteiger partial charge is 0.306 e. The van der Waals surface area contributed by atoms with Crippen LogP contribution in [0.2, 0.25) is 0 Å². The zero-order valence-electron chi connectivity index (χ0n) is 11.5. The fraction of sp³-hybridized carbons (Fsp3) is 0.929. The molecular weight excluding hydrogens is 214 g/mol. The average Bonchev–Trinajstić information content (AvgIpc) is 2.52. The lowest BCUT2D eigenvalue weighted by molar-refractivity contribution is -0.144. The van der Waals surface area contributed by atoms with Crippen molar-refractivity contribution in [2.45, 2.75) is 64.8 Å². The van der Waals surface area contributed by atoms with Gasteiger partial charge in [0, 0.05) is 6.04 Å². The summed E-state index contributed by atoms with van der Waals surface area (Å²) in [6.07, 6.45) is 7.54. The van der Waals surface area contributed by atoms with E-state index in [4.69, 9.17) is 10.5 Å². The summed E-state index contributed by atoms with van der Waals surface area (Å²) < 4.78 is 4.83. The molecule has 1 fully saturated rings. The number of esters is 1. The van der Waals surface area contributed by atoms with Crippen LogP contribution in [0.4, 0.5) is 0 Å². The van der Waals surface area contributed by atoms with Gasteiger partial charge in [-0.15, -0.1) is 0 Å². The SMILES string of the molecule is CCC1CCCC(CC(=O)OC)(C(C)N)CC1. The van der Waals surface area contributed by atoms with Gasteiger partial charge in [0.1, 0.15) is 0 Å². The maximum Gasteiger partial charge on any atom is 0.306 e. The normalized spacial score (nSPS) is 31.6. The van der Waals surface area contributed by atoms with Gasteiger partial charge in [-0.05, 0) is 37.5 Å². The van der Waals surface area contributed by atoms with Gasteiger partial charge in [-0.25, -0.2) is 0 Å². The lowest BCUT2D eigenvalue weighted by atomic mass is 9.72. The molecule has 1 aliphatic rings. The molecular formula is C14H27NO2. The van der Waals surface area contributed by atoms with Crippen LogP contribution < -0.4 is 5.73 Å². The van der Waals surface area contributed by atoms with Gasteiger partial charge in [-0.1, -0.05) is 26.2 Å².